The van der Waals surface area contributed by atoms with Crippen molar-refractivity contribution in [3.05, 3.63) is 54.1 Å². The van der Waals surface area contributed by atoms with Gasteiger partial charge in [0.15, 0.2) is 5.13 Å². The van der Waals surface area contributed by atoms with E-state index in [4.69, 9.17) is 9.72 Å². The topological polar surface area (TPSA) is 45.7 Å². The van der Waals surface area contributed by atoms with Gasteiger partial charge in [-0.05, 0) is 44.8 Å². The van der Waals surface area contributed by atoms with Crippen LogP contribution in [0.1, 0.15) is 12.0 Å². The molecule has 0 saturated carbocycles. The standard InChI is InChI=1S/C21H25N3O2S/c1-16-8-7-11-18-20(16)22-21(27-18)24(14-13-23(2)3)19(25)12-15-26-17-9-5-4-6-10-17/h4-11H,12-15H2,1-3H3. The van der Waals surface area contributed by atoms with Crippen LogP contribution in [-0.2, 0) is 4.79 Å². The molecule has 0 unspecified atom stereocenters. The Balaban J connectivity index is 1.73. The van der Waals surface area contributed by atoms with Crippen molar-refractivity contribution in [2.24, 2.45) is 0 Å². The first-order chi connectivity index (χ1) is 13.0. The number of aryl methyl sites for hydroxylation is 1. The van der Waals surface area contributed by atoms with Crippen LogP contribution in [0.3, 0.4) is 0 Å². The Morgan fingerprint density at radius 2 is 1.85 bits per heavy atom. The molecule has 142 valence electrons. The summed E-state index contributed by atoms with van der Waals surface area (Å²) in [6, 6.07) is 15.7. The van der Waals surface area contributed by atoms with Crippen LogP contribution in [-0.4, -0.2) is 49.6 Å². The molecule has 5 nitrogen and oxygen atoms in total. The zero-order valence-corrected chi connectivity index (χ0v) is 16.8. The van der Waals surface area contributed by atoms with Crippen molar-refractivity contribution in [1.29, 1.82) is 0 Å². The van der Waals surface area contributed by atoms with E-state index < -0.39 is 0 Å². The van der Waals surface area contributed by atoms with Gasteiger partial charge in [0.2, 0.25) is 5.91 Å². The molecule has 0 bridgehead atoms. The molecule has 0 aliphatic heterocycles. The summed E-state index contributed by atoms with van der Waals surface area (Å²) in [4.78, 5) is 21.5. The maximum Gasteiger partial charge on any atom is 0.232 e. The van der Waals surface area contributed by atoms with Gasteiger partial charge in [-0.1, -0.05) is 41.7 Å². The molecule has 0 saturated heterocycles. The molecular weight excluding hydrogens is 358 g/mol. The van der Waals surface area contributed by atoms with E-state index in [0.29, 0.717) is 19.6 Å². The van der Waals surface area contributed by atoms with E-state index in [2.05, 4.69) is 11.0 Å². The van der Waals surface area contributed by atoms with Gasteiger partial charge in [-0.15, -0.1) is 0 Å². The number of fused-ring (bicyclic) bond motifs is 1. The third-order valence-corrected chi connectivity index (χ3v) is 5.28. The fraction of sp³-hybridized carbons (Fsp3) is 0.333. The molecule has 0 spiro atoms. The lowest BCUT2D eigenvalue weighted by Gasteiger charge is -2.22. The number of thiazole rings is 1. The molecule has 0 atom stereocenters. The Hall–Kier alpha value is -2.44. The van der Waals surface area contributed by atoms with Crippen LogP contribution in [0.5, 0.6) is 5.75 Å². The fourth-order valence-corrected chi connectivity index (χ4v) is 3.81. The van der Waals surface area contributed by atoms with E-state index in [1.807, 2.05) is 63.5 Å². The average Bonchev–Trinajstić information content (AvgIpc) is 3.08. The second-order valence-corrected chi connectivity index (χ2v) is 7.69. The largest absolute Gasteiger partial charge is 0.493 e. The molecule has 0 aliphatic carbocycles. The minimum Gasteiger partial charge on any atom is -0.493 e. The van der Waals surface area contributed by atoms with Crippen molar-refractivity contribution >= 4 is 32.6 Å². The summed E-state index contributed by atoms with van der Waals surface area (Å²) in [5.74, 6) is 0.810. The number of carbonyl (C=O) groups is 1. The monoisotopic (exact) mass is 383 g/mol. The van der Waals surface area contributed by atoms with Crippen molar-refractivity contribution in [2.75, 3.05) is 38.7 Å². The molecule has 1 heterocycles. The second kappa shape index (κ2) is 8.97. The number of carbonyl (C=O) groups excluding carboxylic acids is 1. The maximum atomic E-state index is 12.9. The third-order valence-electron chi connectivity index (χ3n) is 4.24. The molecule has 27 heavy (non-hydrogen) atoms. The number of amides is 1. The first kappa shape index (κ1) is 19.3. The van der Waals surface area contributed by atoms with Gasteiger partial charge >= 0.3 is 0 Å². The number of para-hydroxylation sites is 2. The van der Waals surface area contributed by atoms with Crippen LogP contribution in [0, 0.1) is 6.92 Å². The minimum absolute atomic E-state index is 0.0319. The summed E-state index contributed by atoms with van der Waals surface area (Å²) in [5, 5.41) is 0.755. The Bertz CT molecular complexity index is 893. The van der Waals surface area contributed by atoms with Crippen LogP contribution < -0.4 is 9.64 Å². The smallest absolute Gasteiger partial charge is 0.232 e. The van der Waals surface area contributed by atoms with Gasteiger partial charge in [-0.3, -0.25) is 9.69 Å². The molecule has 0 aliphatic rings. The number of benzene rings is 2. The van der Waals surface area contributed by atoms with E-state index in [1.165, 1.54) is 0 Å². The Morgan fingerprint density at radius 3 is 2.56 bits per heavy atom. The number of hydrogen-bond donors (Lipinski definition) is 0. The highest BCUT2D eigenvalue weighted by molar-refractivity contribution is 7.22. The van der Waals surface area contributed by atoms with Crippen LogP contribution in [0.4, 0.5) is 5.13 Å². The molecule has 1 amide bonds. The lowest BCUT2D eigenvalue weighted by atomic mass is 10.2. The third kappa shape index (κ3) is 5.05. The van der Waals surface area contributed by atoms with Crippen molar-refractivity contribution in [2.45, 2.75) is 13.3 Å². The number of ether oxygens (including phenoxy) is 1. The number of rotatable bonds is 8. The zero-order valence-electron chi connectivity index (χ0n) is 16.0. The molecule has 0 N–H and O–H groups in total. The number of anilines is 1. The van der Waals surface area contributed by atoms with Gasteiger partial charge in [0.1, 0.15) is 5.75 Å². The van der Waals surface area contributed by atoms with Crippen LogP contribution in [0.15, 0.2) is 48.5 Å². The lowest BCUT2D eigenvalue weighted by molar-refractivity contribution is -0.119. The number of nitrogens with zero attached hydrogens (tertiary/aromatic N) is 3. The first-order valence-electron chi connectivity index (χ1n) is 9.03. The summed E-state index contributed by atoms with van der Waals surface area (Å²) < 4.78 is 6.80. The van der Waals surface area contributed by atoms with Crippen molar-refractivity contribution in [3.63, 3.8) is 0 Å². The molecule has 2 aromatic carbocycles. The highest BCUT2D eigenvalue weighted by atomic mass is 32.1. The summed E-state index contributed by atoms with van der Waals surface area (Å²) >= 11 is 1.56. The van der Waals surface area contributed by atoms with Gasteiger partial charge in [0.05, 0.1) is 23.2 Å². The van der Waals surface area contributed by atoms with Crippen molar-refractivity contribution in [3.8, 4) is 5.75 Å². The summed E-state index contributed by atoms with van der Waals surface area (Å²) in [7, 11) is 4.01. The minimum atomic E-state index is 0.0319. The van der Waals surface area contributed by atoms with Gasteiger partial charge in [-0.2, -0.15) is 0 Å². The molecule has 0 radical (unpaired) electrons. The van der Waals surface area contributed by atoms with E-state index in [1.54, 1.807) is 16.2 Å². The number of aromatic nitrogens is 1. The predicted octanol–water partition coefficient (Wildman–Crippen LogP) is 3.97. The fourth-order valence-electron chi connectivity index (χ4n) is 2.72. The highest BCUT2D eigenvalue weighted by Gasteiger charge is 2.20. The Kier molecular flexibility index (Phi) is 6.42. The van der Waals surface area contributed by atoms with E-state index in [0.717, 1.165) is 33.2 Å². The van der Waals surface area contributed by atoms with Gasteiger partial charge in [-0.25, -0.2) is 4.98 Å². The van der Waals surface area contributed by atoms with E-state index in [-0.39, 0.29) is 5.91 Å². The quantitative estimate of drug-likeness (QED) is 0.590. The average molecular weight is 384 g/mol. The summed E-state index contributed by atoms with van der Waals surface area (Å²) in [6.45, 7) is 3.78. The molecular formula is C21H25N3O2S. The van der Waals surface area contributed by atoms with Crippen LogP contribution >= 0.6 is 11.3 Å². The predicted molar refractivity (Wildman–Crippen MR) is 112 cm³/mol. The summed E-state index contributed by atoms with van der Waals surface area (Å²) in [5.41, 5.74) is 2.10. The molecule has 3 aromatic rings. The first-order valence-corrected chi connectivity index (χ1v) is 9.85. The lowest BCUT2D eigenvalue weighted by Crippen LogP contribution is -2.37. The second-order valence-electron chi connectivity index (χ2n) is 6.68. The van der Waals surface area contributed by atoms with Gasteiger partial charge in [0.25, 0.3) is 0 Å². The van der Waals surface area contributed by atoms with E-state index >= 15 is 0 Å². The van der Waals surface area contributed by atoms with E-state index in [9.17, 15) is 4.79 Å². The van der Waals surface area contributed by atoms with Gasteiger partial charge < -0.3 is 9.64 Å². The molecule has 6 heteroatoms. The van der Waals surface area contributed by atoms with Crippen LogP contribution in [0.2, 0.25) is 0 Å². The van der Waals surface area contributed by atoms with Gasteiger partial charge in [0, 0.05) is 13.1 Å². The number of hydrogen-bond acceptors (Lipinski definition) is 5. The van der Waals surface area contributed by atoms with Crippen LogP contribution in [0.25, 0.3) is 10.2 Å². The normalized spacial score (nSPS) is 11.1. The maximum absolute atomic E-state index is 12.9. The molecule has 3 rings (SSSR count). The Labute approximate surface area is 164 Å². The Morgan fingerprint density at radius 1 is 1.07 bits per heavy atom. The SMILES string of the molecule is Cc1cccc2sc(N(CCN(C)C)C(=O)CCOc3ccccc3)nc12. The summed E-state index contributed by atoms with van der Waals surface area (Å²) in [6.07, 6.45) is 0.317. The molecule has 1 aromatic heterocycles. The zero-order chi connectivity index (χ0) is 19.2. The van der Waals surface area contributed by atoms with Crippen molar-refractivity contribution < 1.29 is 9.53 Å². The highest BCUT2D eigenvalue weighted by Crippen LogP contribution is 2.30. The number of likely N-dealkylation sites (N-methyl/N-ethyl adjacent to an activating group) is 1. The van der Waals surface area contributed by atoms with Crippen molar-refractivity contribution in [1.82, 2.24) is 9.88 Å². The molecule has 0 fully saturated rings.